The first-order valence-electron chi connectivity index (χ1n) is 6.81. The highest BCUT2D eigenvalue weighted by Gasteiger charge is 2.75. The summed E-state index contributed by atoms with van der Waals surface area (Å²) in [7, 11) is 0. The van der Waals surface area contributed by atoms with Gasteiger partial charge in [0.05, 0.1) is 5.92 Å². The predicted octanol–water partition coefficient (Wildman–Crippen LogP) is 3.95. The van der Waals surface area contributed by atoms with Crippen molar-refractivity contribution in [2.75, 3.05) is 6.61 Å². The summed E-state index contributed by atoms with van der Waals surface area (Å²) in [5.74, 6) is -20.2. The van der Waals surface area contributed by atoms with Gasteiger partial charge < -0.3 is 4.74 Å². The third-order valence-corrected chi connectivity index (χ3v) is 4.33. The molecule has 2 rings (SSSR count). The summed E-state index contributed by atoms with van der Waals surface area (Å²) >= 11 is 0. The zero-order valence-electron chi connectivity index (χ0n) is 11.6. The van der Waals surface area contributed by atoms with Crippen LogP contribution in [0.5, 0.6) is 0 Å². The van der Waals surface area contributed by atoms with Gasteiger partial charge in [0, 0.05) is 0 Å². The van der Waals surface area contributed by atoms with Gasteiger partial charge in [-0.1, -0.05) is 0 Å². The number of carbonyl (C=O) groups is 1. The molecular formula is C13H13F8O2. The summed E-state index contributed by atoms with van der Waals surface area (Å²) in [6.45, 7) is -2.38. The Hall–Kier alpha value is -1.09. The summed E-state index contributed by atoms with van der Waals surface area (Å²) in [5, 5.41) is 0. The number of hydrogen-bond acceptors (Lipinski definition) is 2. The van der Waals surface area contributed by atoms with E-state index in [1.807, 2.05) is 0 Å². The van der Waals surface area contributed by atoms with Gasteiger partial charge in [-0.05, 0) is 37.5 Å². The second-order valence-electron chi connectivity index (χ2n) is 5.89. The molecule has 23 heavy (non-hydrogen) atoms. The van der Waals surface area contributed by atoms with Crippen LogP contribution in [0.3, 0.4) is 0 Å². The molecule has 2 bridgehead atoms. The number of esters is 1. The molecule has 0 spiro atoms. The van der Waals surface area contributed by atoms with Crippen molar-refractivity contribution >= 4 is 5.97 Å². The largest absolute Gasteiger partial charge is 0.459 e. The highest BCUT2D eigenvalue weighted by atomic mass is 19.4. The maximum Gasteiger partial charge on any atom is 0.381 e. The van der Waals surface area contributed by atoms with Gasteiger partial charge in [0.25, 0.3) is 0 Å². The predicted molar refractivity (Wildman–Crippen MR) is 60.4 cm³/mol. The molecule has 0 saturated heterocycles. The second kappa shape index (κ2) is 5.77. The Morgan fingerprint density at radius 1 is 1.13 bits per heavy atom. The molecule has 2 aliphatic rings. The number of carbonyl (C=O) groups excluding carboxylic acids is 1. The minimum atomic E-state index is -6.35. The Labute approximate surface area is 126 Å². The standard InChI is InChI=1S/C13H13F8O2/c14-10(15)12(18,19)13(20,21)11(16,17)5-23-9(22)8-4-6-1-2-7(8)3-6/h2,6-8,10H,1,3-5H2. The molecule has 0 aromatic rings. The van der Waals surface area contributed by atoms with Crippen molar-refractivity contribution in [1.29, 1.82) is 0 Å². The molecule has 0 N–H and O–H groups in total. The molecule has 3 unspecified atom stereocenters. The van der Waals surface area contributed by atoms with Crippen LogP contribution < -0.4 is 0 Å². The van der Waals surface area contributed by atoms with Crippen LogP contribution in [0.15, 0.2) is 0 Å². The smallest absolute Gasteiger partial charge is 0.381 e. The fourth-order valence-corrected chi connectivity index (χ4v) is 3.01. The van der Waals surface area contributed by atoms with Gasteiger partial charge in [-0.25, -0.2) is 8.78 Å². The van der Waals surface area contributed by atoms with Gasteiger partial charge in [-0.2, -0.15) is 26.3 Å². The van der Waals surface area contributed by atoms with E-state index in [1.165, 1.54) is 0 Å². The molecule has 0 aliphatic heterocycles. The number of rotatable bonds is 6. The maximum absolute atomic E-state index is 13.2. The van der Waals surface area contributed by atoms with Crippen LogP contribution in [0.25, 0.3) is 0 Å². The van der Waals surface area contributed by atoms with Crippen molar-refractivity contribution in [3.05, 3.63) is 6.42 Å². The van der Waals surface area contributed by atoms with Crippen LogP contribution in [0.1, 0.15) is 19.3 Å². The van der Waals surface area contributed by atoms with Gasteiger partial charge in [-0.3, -0.25) is 4.79 Å². The molecule has 0 heterocycles. The number of ether oxygens (including phenoxy) is 1. The van der Waals surface area contributed by atoms with Gasteiger partial charge in [0.15, 0.2) is 6.61 Å². The van der Waals surface area contributed by atoms with E-state index in [2.05, 4.69) is 4.74 Å². The van der Waals surface area contributed by atoms with E-state index in [9.17, 15) is 39.9 Å². The van der Waals surface area contributed by atoms with Crippen molar-refractivity contribution in [3.8, 4) is 0 Å². The molecule has 1 radical (unpaired) electrons. The molecule has 0 amide bonds. The quantitative estimate of drug-likeness (QED) is 0.534. The van der Waals surface area contributed by atoms with Crippen LogP contribution >= 0.6 is 0 Å². The molecular weight excluding hydrogens is 340 g/mol. The first-order valence-corrected chi connectivity index (χ1v) is 6.81. The minimum Gasteiger partial charge on any atom is -0.459 e. The molecule has 3 atom stereocenters. The van der Waals surface area contributed by atoms with Crippen molar-refractivity contribution < 1.29 is 44.7 Å². The molecule has 10 heteroatoms. The fourth-order valence-electron chi connectivity index (χ4n) is 3.01. The third-order valence-electron chi connectivity index (χ3n) is 4.33. The molecule has 2 nitrogen and oxygen atoms in total. The lowest BCUT2D eigenvalue weighted by Crippen LogP contribution is -2.59. The van der Waals surface area contributed by atoms with E-state index in [-0.39, 0.29) is 11.8 Å². The van der Waals surface area contributed by atoms with Crippen LogP contribution in [-0.2, 0) is 9.53 Å². The molecule has 0 aromatic carbocycles. The Morgan fingerprint density at radius 3 is 2.17 bits per heavy atom. The van der Waals surface area contributed by atoms with E-state index < -0.39 is 42.7 Å². The lowest BCUT2D eigenvalue weighted by molar-refractivity contribution is -0.344. The zero-order valence-corrected chi connectivity index (χ0v) is 11.6. The summed E-state index contributed by atoms with van der Waals surface area (Å²) in [5.41, 5.74) is 0. The Morgan fingerprint density at radius 2 is 1.74 bits per heavy atom. The van der Waals surface area contributed by atoms with Crippen LogP contribution in [0.2, 0.25) is 0 Å². The SMILES string of the molecule is O=C(OCC(F)(F)C(F)(F)C(F)(F)C(F)F)C1CC2C[CH]C1C2. The average Bonchev–Trinajstić information content (AvgIpc) is 3.06. The second-order valence-corrected chi connectivity index (χ2v) is 5.89. The van der Waals surface area contributed by atoms with Gasteiger partial charge in [0.1, 0.15) is 0 Å². The average molecular weight is 353 g/mol. The van der Waals surface area contributed by atoms with Gasteiger partial charge in [-0.15, -0.1) is 0 Å². The first-order chi connectivity index (χ1) is 10.4. The molecule has 2 aliphatic carbocycles. The topological polar surface area (TPSA) is 26.3 Å². The number of fused-ring (bicyclic) bond motifs is 2. The molecule has 133 valence electrons. The van der Waals surface area contributed by atoms with Crippen molar-refractivity contribution in [3.63, 3.8) is 0 Å². The summed E-state index contributed by atoms with van der Waals surface area (Å²) in [6.07, 6.45) is -1.45. The fraction of sp³-hybridized carbons (Fsp3) is 0.846. The lowest BCUT2D eigenvalue weighted by atomic mass is 9.89. The van der Waals surface area contributed by atoms with E-state index in [4.69, 9.17) is 0 Å². The van der Waals surface area contributed by atoms with Crippen LogP contribution in [0, 0.1) is 24.2 Å². The zero-order chi connectivity index (χ0) is 17.6. The summed E-state index contributed by atoms with van der Waals surface area (Å²) in [6, 6.07) is 0. The van der Waals surface area contributed by atoms with Gasteiger partial charge in [0.2, 0.25) is 0 Å². The van der Waals surface area contributed by atoms with Crippen molar-refractivity contribution in [1.82, 2.24) is 0 Å². The lowest BCUT2D eigenvalue weighted by Gasteiger charge is -2.32. The maximum atomic E-state index is 13.2. The Bertz CT molecular complexity index is 465. The highest BCUT2D eigenvalue weighted by molar-refractivity contribution is 5.73. The monoisotopic (exact) mass is 353 g/mol. The van der Waals surface area contributed by atoms with Crippen molar-refractivity contribution in [2.24, 2.45) is 17.8 Å². The normalized spacial score (nSPS) is 28.5. The van der Waals surface area contributed by atoms with Crippen LogP contribution in [0.4, 0.5) is 35.1 Å². The summed E-state index contributed by atoms with van der Waals surface area (Å²) in [4.78, 5) is 11.6. The highest BCUT2D eigenvalue weighted by Crippen LogP contribution is 2.50. The number of halogens is 8. The Balaban J connectivity index is 1.99. The van der Waals surface area contributed by atoms with Gasteiger partial charge >= 0.3 is 30.2 Å². The van der Waals surface area contributed by atoms with E-state index >= 15 is 0 Å². The number of alkyl halides is 8. The first kappa shape index (κ1) is 18.3. The summed E-state index contributed by atoms with van der Waals surface area (Å²) < 4.78 is 106. The Kier molecular flexibility index (Phi) is 4.58. The van der Waals surface area contributed by atoms with Crippen molar-refractivity contribution in [2.45, 2.75) is 43.5 Å². The van der Waals surface area contributed by atoms with Crippen LogP contribution in [-0.4, -0.2) is 36.8 Å². The third kappa shape index (κ3) is 3.00. The van der Waals surface area contributed by atoms with E-state index in [1.54, 1.807) is 6.42 Å². The molecule has 2 saturated carbocycles. The van der Waals surface area contributed by atoms with E-state index in [0.717, 1.165) is 6.42 Å². The number of hydrogen-bond donors (Lipinski definition) is 0. The van der Waals surface area contributed by atoms with E-state index in [0.29, 0.717) is 12.8 Å². The molecule has 2 fully saturated rings. The minimum absolute atomic E-state index is 0.183. The molecule has 0 aromatic heterocycles.